The molecule has 0 spiro atoms. The highest BCUT2D eigenvalue weighted by Gasteiger charge is 2.65. The van der Waals surface area contributed by atoms with Crippen LogP contribution in [0, 0.1) is 34.0 Å². The standard InChI is InChI=1S/C19H12ClF5N4O2S/c1-19(10-28,11-31-17-7-14(9-27)13(8-26)6-16(17)20)29-18(30)12-2-4-15(5-3-12)32(21,22,23,24)25/h2-7H,11H2,1H3,(H,29,30)/t19-/m1/s1. The van der Waals surface area contributed by atoms with Gasteiger partial charge in [0.1, 0.15) is 29.4 Å². The predicted molar refractivity (Wildman–Crippen MR) is 106 cm³/mol. The molecular weight excluding hydrogens is 479 g/mol. The fraction of sp³-hybridized carbons (Fsp3) is 0.158. The highest BCUT2D eigenvalue weighted by atomic mass is 35.5. The molecule has 32 heavy (non-hydrogen) atoms. The first-order chi connectivity index (χ1) is 14.5. The van der Waals surface area contributed by atoms with Gasteiger partial charge in [-0.3, -0.25) is 4.79 Å². The van der Waals surface area contributed by atoms with Gasteiger partial charge in [0.2, 0.25) is 0 Å². The fourth-order valence-electron chi connectivity index (χ4n) is 2.35. The zero-order valence-corrected chi connectivity index (χ0v) is 17.6. The number of carbonyl (C=O) groups is 1. The number of rotatable bonds is 6. The number of benzene rings is 2. The fourth-order valence-corrected chi connectivity index (χ4v) is 3.22. The summed E-state index contributed by atoms with van der Waals surface area (Å²) in [7, 11) is -9.89. The van der Waals surface area contributed by atoms with E-state index in [0.29, 0.717) is 12.1 Å². The van der Waals surface area contributed by atoms with Crippen LogP contribution < -0.4 is 10.1 Å². The highest BCUT2D eigenvalue weighted by molar-refractivity contribution is 8.45. The topological polar surface area (TPSA) is 110 Å². The molecule has 2 aromatic rings. The molecule has 0 fully saturated rings. The summed E-state index contributed by atoms with van der Waals surface area (Å²) in [6, 6.07) is 8.91. The molecule has 6 nitrogen and oxygen atoms in total. The summed E-state index contributed by atoms with van der Waals surface area (Å²) in [5.41, 5.74) is -2.17. The number of nitriles is 3. The Balaban J connectivity index is 2.20. The van der Waals surface area contributed by atoms with Gasteiger partial charge in [-0.05, 0) is 37.3 Å². The first kappa shape index (κ1) is 24.7. The summed E-state index contributed by atoms with van der Waals surface area (Å²) in [5, 5.41) is 29.6. The summed E-state index contributed by atoms with van der Waals surface area (Å²) in [6.45, 7) is 0.728. The average molecular weight is 491 g/mol. The van der Waals surface area contributed by atoms with Gasteiger partial charge in [0.15, 0.2) is 5.54 Å². The molecule has 13 heteroatoms. The Labute approximate surface area is 184 Å². The van der Waals surface area contributed by atoms with Crippen molar-refractivity contribution in [1.82, 2.24) is 5.32 Å². The van der Waals surface area contributed by atoms with E-state index in [1.165, 1.54) is 19.1 Å². The van der Waals surface area contributed by atoms with Crippen molar-refractivity contribution in [1.29, 1.82) is 15.8 Å². The van der Waals surface area contributed by atoms with Crippen LogP contribution in [0.2, 0.25) is 5.02 Å². The summed E-state index contributed by atoms with van der Waals surface area (Å²) in [5.74, 6) is -1.08. The lowest BCUT2D eigenvalue weighted by atomic mass is 10.0. The molecule has 1 atom stereocenters. The Morgan fingerprint density at radius 1 is 1.06 bits per heavy atom. The van der Waals surface area contributed by atoms with Crippen molar-refractivity contribution in [2.75, 3.05) is 6.61 Å². The second-order valence-corrected chi connectivity index (χ2v) is 9.55. The van der Waals surface area contributed by atoms with Crippen LogP contribution in [-0.4, -0.2) is 18.1 Å². The predicted octanol–water partition coefficient (Wildman–Crippen LogP) is 5.83. The summed E-state index contributed by atoms with van der Waals surface area (Å²) < 4.78 is 69.4. The van der Waals surface area contributed by atoms with Crippen molar-refractivity contribution in [3.05, 3.63) is 58.1 Å². The van der Waals surface area contributed by atoms with Crippen molar-refractivity contribution in [2.24, 2.45) is 0 Å². The number of nitrogens with zero attached hydrogens (tertiary/aromatic N) is 3. The first-order valence-corrected chi connectivity index (χ1v) is 10.7. The minimum atomic E-state index is -9.89. The molecule has 0 saturated heterocycles. The van der Waals surface area contributed by atoms with Crippen LogP contribution >= 0.6 is 21.8 Å². The van der Waals surface area contributed by atoms with Crippen molar-refractivity contribution in [3.63, 3.8) is 0 Å². The molecule has 2 aromatic carbocycles. The molecule has 1 N–H and O–H groups in total. The minimum absolute atomic E-state index is 0.00350. The molecule has 0 bridgehead atoms. The molecule has 0 aliphatic rings. The van der Waals surface area contributed by atoms with E-state index in [2.05, 4.69) is 5.32 Å². The molecule has 0 aliphatic heterocycles. The van der Waals surface area contributed by atoms with Gasteiger partial charge in [0.05, 0.1) is 22.2 Å². The quantitative estimate of drug-likeness (QED) is 0.512. The second-order valence-electron chi connectivity index (χ2n) is 6.73. The van der Waals surface area contributed by atoms with Crippen molar-refractivity contribution in [3.8, 4) is 24.0 Å². The summed E-state index contributed by atoms with van der Waals surface area (Å²) in [6.07, 6.45) is 0. The van der Waals surface area contributed by atoms with Crippen LogP contribution in [0.3, 0.4) is 0 Å². The number of hydrogen-bond acceptors (Lipinski definition) is 5. The van der Waals surface area contributed by atoms with E-state index in [0.717, 1.165) is 0 Å². The van der Waals surface area contributed by atoms with Gasteiger partial charge in [0.25, 0.3) is 5.91 Å². The Morgan fingerprint density at radius 2 is 1.59 bits per heavy atom. The zero-order chi connectivity index (χ0) is 24.4. The SMILES string of the molecule is C[C@@](C#N)(COc1cc(C#N)c(C#N)cc1Cl)NC(=O)c1ccc(S(F)(F)(F)(F)F)cc1. The van der Waals surface area contributed by atoms with E-state index in [-0.39, 0.29) is 34.0 Å². The summed E-state index contributed by atoms with van der Waals surface area (Å²) in [4.78, 5) is 10.2. The molecule has 0 aromatic heterocycles. The maximum atomic E-state index is 12.8. The van der Waals surface area contributed by atoms with Gasteiger partial charge < -0.3 is 10.1 Å². The smallest absolute Gasteiger partial charge is 0.310 e. The number of nitrogens with one attached hydrogen (secondary N) is 1. The molecular formula is C19H12ClF5N4O2S. The number of ether oxygens (including phenoxy) is 1. The van der Waals surface area contributed by atoms with Crippen molar-refractivity contribution < 1.29 is 29.0 Å². The van der Waals surface area contributed by atoms with Crippen LogP contribution in [0.25, 0.3) is 0 Å². The minimum Gasteiger partial charge on any atom is -0.488 e. The third-order valence-corrected chi connectivity index (χ3v) is 5.49. The van der Waals surface area contributed by atoms with Crippen molar-refractivity contribution >= 4 is 27.7 Å². The van der Waals surface area contributed by atoms with E-state index in [4.69, 9.17) is 26.9 Å². The Bertz CT molecular complexity index is 1220. The molecule has 0 unspecified atom stereocenters. The van der Waals surface area contributed by atoms with Gasteiger partial charge in [-0.25, -0.2) is 0 Å². The number of halogens is 6. The highest BCUT2D eigenvalue weighted by Crippen LogP contribution is 3.02. The Morgan fingerprint density at radius 3 is 2.06 bits per heavy atom. The molecule has 0 aliphatic carbocycles. The third kappa shape index (κ3) is 5.79. The molecule has 168 valence electrons. The molecule has 0 saturated carbocycles. The van der Waals surface area contributed by atoms with E-state index < -0.39 is 38.7 Å². The number of hydrogen-bond donors (Lipinski definition) is 1. The maximum Gasteiger partial charge on any atom is 0.310 e. The zero-order valence-electron chi connectivity index (χ0n) is 16.0. The van der Waals surface area contributed by atoms with Gasteiger partial charge in [-0.15, -0.1) is 0 Å². The van der Waals surface area contributed by atoms with Gasteiger partial charge in [-0.1, -0.05) is 31.0 Å². The van der Waals surface area contributed by atoms with Gasteiger partial charge in [-0.2, -0.15) is 15.8 Å². The lowest BCUT2D eigenvalue weighted by Gasteiger charge is -2.40. The number of carbonyl (C=O) groups excluding carboxylic acids is 1. The van der Waals surface area contributed by atoms with E-state index >= 15 is 0 Å². The van der Waals surface area contributed by atoms with E-state index in [1.54, 1.807) is 18.2 Å². The monoisotopic (exact) mass is 490 g/mol. The Kier molecular flexibility index (Phi) is 5.84. The largest absolute Gasteiger partial charge is 0.488 e. The third-order valence-electron chi connectivity index (χ3n) is 4.03. The summed E-state index contributed by atoms with van der Waals surface area (Å²) >= 11 is 5.98. The second kappa shape index (κ2) is 7.56. The normalized spacial score (nSPS) is 15.0. The van der Waals surface area contributed by atoms with E-state index in [1.807, 2.05) is 0 Å². The lowest BCUT2D eigenvalue weighted by molar-refractivity contribution is 0.0901. The van der Waals surface area contributed by atoms with Crippen molar-refractivity contribution in [2.45, 2.75) is 17.4 Å². The molecule has 0 radical (unpaired) electrons. The van der Waals surface area contributed by atoms with E-state index in [9.17, 15) is 29.5 Å². The molecule has 2 rings (SSSR count). The van der Waals surface area contributed by atoms with Crippen LogP contribution in [0.1, 0.15) is 28.4 Å². The Hall–Kier alpha value is -3.53. The van der Waals surface area contributed by atoms with Crippen LogP contribution in [0.4, 0.5) is 19.4 Å². The maximum absolute atomic E-state index is 12.8. The van der Waals surface area contributed by atoms with Crippen LogP contribution in [0.15, 0.2) is 41.3 Å². The number of amides is 1. The van der Waals surface area contributed by atoms with Gasteiger partial charge >= 0.3 is 10.2 Å². The first-order valence-electron chi connectivity index (χ1n) is 8.36. The average Bonchev–Trinajstić information content (AvgIpc) is 2.71. The van der Waals surface area contributed by atoms with Crippen LogP contribution in [-0.2, 0) is 0 Å². The van der Waals surface area contributed by atoms with Gasteiger partial charge in [0, 0.05) is 11.6 Å². The molecule has 1 amide bonds. The lowest BCUT2D eigenvalue weighted by Crippen LogP contribution is -2.49. The van der Waals surface area contributed by atoms with Crippen LogP contribution in [0.5, 0.6) is 5.75 Å². The molecule has 0 heterocycles.